The quantitative estimate of drug-likeness (QED) is 0.711. The predicted octanol–water partition coefficient (Wildman–Crippen LogP) is 2.59. The van der Waals surface area contributed by atoms with E-state index in [4.69, 9.17) is 0 Å². The van der Waals surface area contributed by atoms with Crippen molar-refractivity contribution in [3.63, 3.8) is 0 Å². The fourth-order valence-corrected chi connectivity index (χ4v) is 2.13. The summed E-state index contributed by atoms with van der Waals surface area (Å²) in [6.07, 6.45) is 0. The van der Waals surface area contributed by atoms with Crippen LogP contribution in [0, 0.1) is 11.6 Å². The number of aromatic nitrogens is 1. The lowest BCUT2D eigenvalue weighted by Crippen LogP contribution is -2.42. The summed E-state index contributed by atoms with van der Waals surface area (Å²) in [6.45, 7) is 0. The number of carbonyl (C=O) groups is 2. The average Bonchev–Trinajstić information content (AvgIpc) is 2.58. The Hall–Kier alpha value is -3.35. The van der Waals surface area contributed by atoms with E-state index in [1.165, 1.54) is 6.07 Å². The summed E-state index contributed by atoms with van der Waals surface area (Å²) in [7, 11) is 0. The number of nitrogens with one attached hydrogen (secondary N) is 2. The summed E-state index contributed by atoms with van der Waals surface area (Å²) in [5.74, 6) is -3.26. The van der Waals surface area contributed by atoms with Crippen molar-refractivity contribution in [1.29, 1.82) is 0 Å². The number of hydrazine groups is 1. The largest absolute Gasteiger partial charge is 0.288 e. The van der Waals surface area contributed by atoms with Crippen molar-refractivity contribution in [3.8, 4) is 0 Å². The molecule has 1 heterocycles. The summed E-state index contributed by atoms with van der Waals surface area (Å²) >= 11 is 0. The third-order valence-electron chi connectivity index (χ3n) is 3.25. The summed E-state index contributed by atoms with van der Waals surface area (Å²) < 4.78 is 26.2. The van der Waals surface area contributed by atoms with Crippen LogP contribution in [-0.2, 0) is 0 Å². The van der Waals surface area contributed by atoms with E-state index in [0.717, 1.165) is 17.5 Å². The number of para-hydroxylation sites is 1. The van der Waals surface area contributed by atoms with Crippen molar-refractivity contribution < 1.29 is 18.4 Å². The lowest BCUT2D eigenvalue weighted by Gasteiger charge is -2.08. The van der Waals surface area contributed by atoms with Crippen LogP contribution in [0.2, 0.25) is 0 Å². The maximum atomic E-state index is 13.1. The van der Waals surface area contributed by atoms with Gasteiger partial charge in [0, 0.05) is 17.0 Å². The number of halogens is 2. The predicted molar refractivity (Wildman–Crippen MR) is 83.0 cm³/mol. The van der Waals surface area contributed by atoms with Crippen molar-refractivity contribution in [1.82, 2.24) is 15.8 Å². The van der Waals surface area contributed by atoms with Gasteiger partial charge in [0.2, 0.25) is 0 Å². The SMILES string of the molecule is O=C(NNC(=O)c1ccc2ccccc2n1)c1cc(F)cc(F)c1. The van der Waals surface area contributed by atoms with Gasteiger partial charge in [0.25, 0.3) is 11.8 Å². The maximum absolute atomic E-state index is 13.1. The van der Waals surface area contributed by atoms with Gasteiger partial charge < -0.3 is 0 Å². The fraction of sp³-hybridized carbons (Fsp3) is 0. The van der Waals surface area contributed by atoms with Crippen LogP contribution in [0.3, 0.4) is 0 Å². The minimum Gasteiger partial charge on any atom is -0.267 e. The van der Waals surface area contributed by atoms with Crippen molar-refractivity contribution in [3.05, 3.63) is 77.5 Å². The van der Waals surface area contributed by atoms with E-state index in [-0.39, 0.29) is 11.3 Å². The van der Waals surface area contributed by atoms with E-state index >= 15 is 0 Å². The molecule has 7 heteroatoms. The molecule has 0 unspecified atom stereocenters. The Morgan fingerprint density at radius 1 is 0.833 bits per heavy atom. The Morgan fingerprint density at radius 2 is 1.50 bits per heavy atom. The van der Waals surface area contributed by atoms with Crippen LogP contribution in [0.4, 0.5) is 8.78 Å². The first-order valence-corrected chi connectivity index (χ1v) is 6.95. The van der Waals surface area contributed by atoms with Crippen LogP contribution in [0.1, 0.15) is 20.8 Å². The van der Waals surface area contributed by atoms with Gasteiger partial charge in [0.1, 0.15) is 17.3 Å². The first-order valence-electron chi connectivity index (χ1n) is 6.95. The van der Waals surface area contributed by atoms with Gasteiger partial charge in [0.15, 0.2) is 0 Å². The van der Waals surface area contributed by atoms with E-state index in [9.17, 15) is 18.4 Å². The molecule has 3 aromatic rings. The van der Waals surface area contributed by atoms with Gasteiger partial charge in [0.05, 0.1) is 5.52 Å². The third kappa shape index (κ3) is 3.35. The molecule has 0 radical (unpaired) electrons. The number of benzene rings is 2. The molecular formula is C17H11F2N3O2. The highest BCUT2D eigenvalue weighted by atomic mass is 19.1. The second-order valence-corrected chi connectivity index (χ2v) is 4.96. The molecule has 0 fully saturated rings. The van der Waals surface area contributed by atoms with Gasteiger partial charge >= 0.3 is 0 Å². The molecule has 0 saturated carbocycles. The Kier molecular flexibility index (Phi) is 4.15. The molecular weight excluding hydrogens is 316 g/mol. The zero-order valence-electron chi connectivity index (χ0n) is 12.2. The van der Waals surface area contributed by atoms with Gasteiger partial charge in [-0.25, -0.2) is 13.8 Å². The number of amides is 2. The zero-order chi connectivity index (χ0) is 17.1. The van der Waals surface area contributed by atoms with Crippen LogP contribution in [0.15, 0.2) is 54.6 Å². The highest BCUT2D eigenvalue weighted by molar-refractivity contribution is 5.99. The second-order valence-electron chi connectivity index (χ2n) is 4.96. The van der Waals surface area contributed by atoms with E-state index in [2.05, 4.69) is 15.8 Å². The molecule has 0 saturated heterocycles. The number of pyridine rings is 1. The lowest BCUT2D eigenvalue weighted by atomic mass is 10.2. The van der Waals surface area contributed by atoms with E-state index in [1.807, 2.05) is 12.1 Å². The lowest BCUT2D eigenvalue weighted by molar-refractivity contribution is 0.0844. The molecule has 0 bridgehead atoms. The Labute approximate surface area is 135 Å². The molecule has 120 valence electrons. The third-order valence-corrected chi connectivity index (χ3v) is 3.25. The molecule has 1 aromatic heterocycles. The standard InChI is InChI=1S/C17H11F2N3O2/c18-12-7-11(8-13(19)9-12)16(23)21-22-17(24)15-6-5-10-3-1-2-4-14(10)20-15/h1-9H,(H,21,23)(H,22,24). The monoisotopic (exact) mass is 327 g/mol. The van der Waals surface area contributed by atoms with Crippen molar-refractivity contribution >= 4 is 22.7 Å². The molecule has 0 aliphatic heterocycles. The maximum Gasteiger partial charge on any atom is 0.288 e. The Bertz CT molecular complexity index is 924. The molecule has 0 aliphatic rings. The molecule has 2 aromatic carbocycles. The normalized spacial score (nSPS) is 10.4. The Balaban J connectivity index is 1.71. The molecule has 3 rings (SSSR count). The van der Waals surface area contributed by atoms with Crippen LogP contribution >= 0.6 is 0 Å². The molecule has 0 atom stereocenters. The first kappa shape index (κ1) is 15.5. The number of hydrogen-bond acceptors (Lipinski definition) is 3. The molecule has 24 heavy (non-hydrogen) atoms. The van der Waals surface area contributed by atoms with Crippen LogP contribution in [0.25, 0.3) is 10.9 Å². The number of fused-ring (bicyclic) bond motifs is 1. The summed E-state index contributed by atoms with van der Waals surface area (Å²) in [5, 5.41) is 0.869. The molecule has 5 nitrogen and oxygen atoms in total. The number of carbonyl (C=O) groups excluding carboxylic acids is 2. The van der Waals surface area contributed by atoms with Crippen LogP contribution in [-0.4, -0.2) is 16.8 Å². The molecule has 2 N–H and O–H groups in total. The topological polar surface area (TPSA) is 71.1 Å². The first-order chi connectivity index (χ1) is 11.5. The van der Waals surface area contributed by atoms with Crippen molar-refractivity contribution in [2.75, 3.05) is 0 Å². The average molecular weight is 327 g/mol. The Morgan fingerprint density at radius 3 is 2.25 bits per heavy atom. The van der Waals surface area contributed by atoms with E-state index in [0.29, 0.717) is 11.6 Å². The van der Waals surface area contributed by atoms with E-state index in [1.54, 1.807) is 18.2 Å². The zero-order valence-corrected chi connectivity index (χ0v) is 12.2. The van der Waals surface area contributed by atoms with Gasteiger partial charge in [-0.1, -0.05) is 24.3 Å². The minimum absolute atomic E-state index is 0.0967. The van der Waals surface area contributed by atoms with Gasteiger partial charge in [-0.2, -0.15) is 0 Å². The highest BCUT2D eigenvalue weighted by Crippen LogP contribution is 2.11. The highest BCUT2D eigenvalue weighted by Gasteiger charge is 2.12. The van der Waals surface area contributed by atoms with Crippen molar-refractivity contribution in [2.24, 2.45) is 0 Å². The number of hydrogen-bond donors (Lipinski definition) is 2. The number of rotatable bonds is 2. The van der Waals surface area contributed by atoms with Crippen LogP contribution < -0.4 is 10.9 Å². The smallest absolute Gasteiger partial charge is 0.267 e. The van der Waals surface area contributed by atoms with Crippen LogP contribution in [0.5, 0.6) is 0 Å². The summed E-state index contributed by atoms with van der Waals surface area (Å²) in [6, 6.07) is 12.8. The minimum atomic E-state index is -0.886. The molecule has 2 amide bonds. The second kappa shape index (κ2) is 6.41. The summed E-state index contributed by atoms with van der Waals surface area (Å²) in [4.78, 5) is 28.0. The van der Waals surface area contributed by atoms with Gasteiger partial charge in [-0.05, 0) is 24.3 Å². The van der Waals surface area contributed by atoms with Gasteiger partial charge in [-0.3, -0.25) is 20.4 Å². The van der Waals surface area contributed by atoms with E-state index < -0.39 is 23.4 Å². The fourth-order valence-electron chi connectivity index (χ4n) is 2.13. The molecule has 0 aliphatic carbocycles. The van der Waals surface area contributed by atoms with Gasteiger partial charge in [-0.15, -0.1) is 0 Å². The summed E-state index contributed by atoms with van der Waals surface area (Å²) in [5.41, 5.74) is 4.72. The number of nitrogens with zero attached hydrogens (tertiary/aromatic N) is 1. The molecule has 0 spiro atoms. The van der Waals surface area contributed by atoms with Crippen molar-refractivity contribution in [2.45, 2.75) is 0 Å².